The van der Waals surface area contributed by atoms with Crippen LogP contribution in [0.15, 0.2) is 12.3 Å². The fourth-order valence-electron chi connectivity index (χ4n) is 2.06. The van der Waals surface area contributed by atoms with Gasteiger partial charge in [0.2, 0.25) is 0 Å². The van der Waals surface area contributed by atoms with Crippen LogP contribution in [-0.2, 0) is 0 Å². The molecule has 2 heterocycles. The van der Waals surface area contributed by atoms with E-state index >= 15 is 0 Å². The highest BCUT2D eigenvalue weighted by molar-refractivity contribution is 9.09. The molecule has 1 aromatic heterocycles. The van der Waals surface area contributed by atoms with Crippen LogP contribution in [0.1, 0.15) is 12.8 Å². The van der Waals surface area contributed by atoms with Crippen molar-refractivity contribution in [1.29, 1.82) is 0 Å². The molecule has 0 spiro atoms. The van der Waals surface area contributed by atoms with Gasteiger partial charge in [-0.2, -0.15) is 0 Å². The zero-order valence-electron chi connectivity index (χ0n) is 8.80. The smallest absolute Gasteiger partial charge is 0.147 e. The first kappa shape index (κ1) is 12.5. The van der Waals surface area contributed by atoms with Crippen molar-refractivity contribution in [2.45, 2.75) is 12.8 Å². The fraction of sp³-hybridized carbons (Fsp3) is 0.545. The normalized spacial score (nSPS) is 20.4. The summed E-state index contributed by atoms with van der Waals surface area (Å²) in [4.78, 5) is 6.55. The number of rotatable bonds is 3. The maximum absolute atomic E-state index is 6.14. The number of alkyl halides is 1. The average Bonchev–Trinajstić information content (AvgIpc) is 2.67. The van der Waals surface area contributed by atoms with E-state index in [2.05, 4.69) is 25.8 Å². The number of nitrogens with zero attached hydrogens (tertiary/aromatic N) is 2. The van der Waals surface area contributed by atoms with Crippen LogP contribution in [0.2, 0.25) is 10.0 Å². The van der Waals surface area contributed by atoms with E-state index in [-0.39, 0.29) is 0 Å². The molecule has 0 saturated carbocycles. The van der Waals surface area contributed by atoms with Crippen LogP contribution in [0, 0.1) is 5.92 Å². The monoisotopic (exact) mass is 322 g/mol. The van der Waals surface area contributed by atoms with Gasteiger partial charge < -0.3 is 4.90 Å². The van der Waals surface area contributed by atoms with Gasteiger partial charge >= 0.3 is 0 Å². The molecular formula is C11H13BrCl2N2. The van der Waals surface area contributed by atoms with Gasteiger partial charge in [0, 0.05) is 24.6 Å². The summed E-state index contributed by atoms with van der Waals surface area (Å²) in [5.74, 6) is 1.61. The van der Waals surface area contributed by atoms with Crippen LogP contribution < -0.4 is 4.90 Å². The third-order valence-corrected chi connectivity index (χ3v) is 3.83. The van der Waals surface area contributed by atoms with E-state index in [1.165, 1.54) is 12.8 Å². The Bertz CT molecular complexity index is 373. The Kier molecular flexibility index (Phi) is 4.34. The Morgan fingerprint density at radius 3 is 3.00 bits per heavy atom. The van der Waals surface area contributed by atoms with Gasteiger partial charge in [0.05, 0.1) is 10.0 Å². The minimum absolute atomic E-state index is 0.588. The van der Waals surface area contributed by atoms with Gasteiger partial charge in [0.15, 0.2) is 0 Å². The molecule has 1 aliphatic heterocycles. The molecule has 5 heteroatoms. The largest absolute Gasteiger partial charge is 0.355 e. The van der Waals surface area contributed by atoms with Crippen molar-refractivity contribution in [2.24, 2.45) is 5.92 Å². The molecule has 16 heavy (non-hydrogen) atoms. The van der Waals surface area contributed by atoms with E-state index in [4.69, 9.17) is 23.2 Å². The first-order valence-corrected chi connectivity index (χ1v) is 7.20. The summed E-state index contributed by atoms with van der Waals surface area (Å²) in [6, 6.07) is 1.75. The zero-order chi connectivity index (χ0) is 11.5. The molecule has 0 amide bonds. The number of hydrogen-bond acceptors (Lipinski definition) is 2. The van der Waals surface area contributed by atoms with Crippen molar-refractivity contribution < 1.29 is 0 Å². The summed E-state index contributed by atoms with van der Waals surface area (Å²) in [6.07, 6.45) is 4.08. The Morgan fingerprint density at radius 2 is 2.31 bits per heavy atom. The molecule has 2 nitrogen and oxygen atoms in total. The summed E-state index contributed by atoms with van der Waals surface area (Å²) in [6.45, 7) is 2.08. The molecule has 0 aromatic carbocycles. The molecule has 1 saturated heterocycles. The lowest BCUT2D eigenvalue weighted by Crippen LogP contribution is -2.21. The zero-order valence-corrected chi connectivity index (χ0v) is 11.9. The lowest BCUT2D eigenvalue weighted by Gasteiger charge is -2.18. The van der Waals surface area contributed by atoms with E-state index in [1.54, 1.807) is 12.3 Å². The molecule has 2 rings (SSSR count). The van der Waals surface area contributed by atoms with E-state index in [0.29, 0.717) is 10.0 Å². The molecule has 1 aromatic rings. The molecule has 0 bridgehead atoms. The molecule has 1 atom stereocenters. The molecule has 88 valence electrons. The molecule has 1 aliphatic rings. The van der Waals surface area contributed by atoms with Gasteiger partial charge in [0.1, 0.15) is 5.82 Å². The summed E-state index contributed by atoms with van der Waals surface area (Å²) >= 11 is 15.4. The molecule has 1 fully saturated rings. The van der Waals surface area contributed by atoms with Gasteiger partial charge in [-0.25, -0.2) is 4.98 Å². The van der Waals surface area contributed by atoms with E-state index < -0.39 is 0 Å². The molecule has 0 N–H and O–H groups in total. The van der Waals surface area contributed by atoms with Crippen molar-refractivity contribution in [2.75, 3.05) is 23.3 Å². The first-order chi connectivity index (χ1) is 7.70. The highest BCUT2D eigenvalue weighted by Crippen LogP contribution is 2.31. The fourth-order valence-corrected chi connectivity index (χ4v) is 3.20. The predicted molar refractivity (Wildman–Crippen MR) is 73.0 cm³/mol. The summed E-state index contributed by atoms with van der Waals surface area (Å²) in [7, 11) is 0. The summed E-state index contributed by atoms with van der Waals surface area (Å²) in [5.41, 5.74) is 0. The Hall–Kier alpha value is 0.01000. The SMILES string of the molecule is Clc1cnc(N2CCC(CCBr)C2)c(Cl)c1. The standard InChI is InChI=1S/C11H13BrCl2N2/c12-3-1-8-2-4-16(7-8)11-10(14)5-9(13)6-15-11/h5-6,8H,1-4,7H2. The van der Waals surface area contributed by atoms with Crippen molar-refractivity contribution in [1.82, 2.24) is 4.98 Å². The lowest BCUT2D eigenvalue weighted by atomic mass is 10.1. The second kappa shape index (κ2) is 5.56. The number of pyridine rings is 1. The van der Waals surface area contributed by atoms with Crippen LogP contribution >= 0.6 is 39.1 Å². The van der Waals surface area contributed by atoms with Crippen LogP contribution in [0.5, 0.6) is 0 Å². The van der Waals surface area contributed by atoms with Crippen molar-refractivity contribution >= 4 is 44.9 Å². The van der Waals surface area contributed by atoms with Gasteiger partial charge in [-0.1, -0.05) is 39.1 Å². The number of halogens is 3. The van der Waals surface area contributed by atoms with Crippen molar-refractivity contribution in [3.8, 4) is 0 Å². The Labute approximate surface area is 114 Å². The summed E-state index contributed by atoms with van der Waals surface area (Å²) in [5, 5.41) is 2.30. The molecular weight excluding hydrogens is 311 g/mol. The Balaban J connectivity index is 2.08. The topological polar surface area (TPSA) is 16.1 Å². The van der Waals surface area contributed by atoms with Gasteiger partial charge in [-0.3, -0.25) is 0 Å². The molecule has 1 unspecified atom stereocenters. The predicted octanol–water partition coefficient (Wildman–Crippen LogP) is 4.00. The van der Waals surface area contributed by atoms with Crippen LogP contribution in [0.3, 0.4) is 0 Å². The van der Waals surface area contributed by atoms with Crippen LogP contribution in [-0.4, -0.2) is 23.4 Å². The minimum Gasteiger partial charge on any atom is -0.355 e. The maximum atomic E-state index is 6.14. The highest BCUT2D eigenvalue weighted by atomic mass is 79.9. The molecule has 0 aliphatic carbocycles. The lowest BCUT2D eigenvalue weighted by molar-refractivity contribution is 0.575. The number of hydrogen-bond donors (Lipinski definition) is 0. The van der Waals surface area contributed by atoms with E-state index in [1.807, 2.05) is 0 Å². The van der Waals surface area contributed by atoms with Crippen molar-refractivity contribution in [3.63, 3.8) is 0 Å². The van der Waals surface area contributed by atoms with E-state index in [9.17, 15) is 0 Å². The van der Waals surface area contributed by atoms with Gasteiger partial charge in [-0.05, 0) is 24.8 Å². The van der Waals surface area contributed by atoms with Gasteiger partial charge in [0.25, 0.3) is 0 Å². The number of anilines is 1. The maximum Gasteiger partial charge on any atom is 0.147 e. The van der Waals surface area contributed by atoms with Gasteiger partial charge in [-0.15, -0.1) is 0 Å². The Morgan fingerprint density at radius 1 is 1.50 bits per heavy atom. The highest BCUT2D eigenvalue weighted by Gasteiger charge is 2.24. The second-order valence-electron chi connectivity index (χ2n) is 4.04. The molecule has 0 radical (unpaired) electrons. The summed E-state index contributed by atoms with van der Waals surface area (Å²) < 4.78 is 0. The quantitative estimate of drug-likeness (QED) is 0.782. The number of aromatic nitrogens is 1. The van der Waals surface area contributed by atoms with Crippen molar-refractivity contribution in [3.05, 3.63) is 22.3 Å². The van der Waals surface area contributed by atoms with Crippen LogP contribution in [0.25, 0.3) is 0 Å². The third kappa shape index (κ3) is 2.82. The first-order valence-electron chi connectivity index (χ1n) is 5.32. The third-order valence-electron chi connectivity index (χ3n) is 2.89. The minimum atomic E-state index is 0.588. The second-order valence-corrected chi connectivity index (χ2v) is 5.67. The van der Waals surface area contributed by atoms with Crippen LogP contribution in [0.4, 0.5) is 5.82 Å². The van der Waals surface area contributed by atoms with E-state index in [0.717, 1.165) is 30.2 Å². The average molecular weight is 324 g/mol.